The Morgan fingerprint density at radius 3 is 2.29 bits per heavy atom. The van der Waals surface area contributed by atoms with Crippen molar-refractivity contribution in [3.63, 3.8) is 0 Å². The number of allylic oxidation sites excluding steroid dienone is 7. The van der Waals surface area contributed by atoms with Gasteiger partial charge in [0.15, 0.2) is 11.6 Å². The number of carbonyl (C=O) groups excluding carboxylic acids is 4. The fourth-order valence-corrected chi connectivity index (χ4v) is 7.95. The summed E-state index contributed by atoms with van der Waals surface area (Å²) in [5, 5.41) is 47.4. The highest BCUT2D eigenvalue weighted by Gasteiger charge is 2.53. The van der Waals surface area contributed by atoms with Crippen molar-refractivity contribution < 1.29 is 63.3 Å². The average molecular weight is 816 g/mol. The minimum Gasteiger partial charge on any atom is -0.510 e. The van der Waals surface area contributed by atoms with Gasteiger partial charge in [-0.25, -0.2) is 9.59 Å². The number of rotatable bonds is 11. The molecule has 1 amide bonds. The molecule has 2 aliphatic heterocycles. The third-order valence-corrected chi connectivity index (χ3v) is 11.5. The van der Waals surface area contributed by atoms with Crippen LogP contribution in [-0.2, 0) is 42.9 Å². The third kappa shape index (κ3) is 12.5. The van der Waals surface area contributed by atoms with Gasteiger partial charge in [-0.1, -0.05) is 83.9 Å². The molecule has 0 saturated carbocycles. The minimum atomic E-state index is -2.04. The van der Waals surface area contributed by atoms with Crippen molar-refractivity contribution >= 4 is 23.6 Å². The van der Waals surface area contributed by atoms with Gasteiger partial charge in [0, 0.05) is 62.2 Å². The number of nitrogens with one attached hydrogen (secondary N) is 1. The van der Waals surface area contributed by atoms with Gasteiger partial charge in [0.05, 0.1) is 25.4 Å². The zero-order chi connectivity index (χ0) is 43.6. The van der Waals surface area contributed by atoms with Gasteiger partial charge in [-0.2, -0.15) is 0 Å². The lowest BCUT2D eigenvalue weighted by molar-refractivity contribution is -0.329. The number of Topliss-reactive ketones (excluding diaryl/α,β-unsaturated/α-hetero) is 1. The lowest BCUT2D eigenvalue weighted by atomic mass is 9.76. The zero-order valence-electron chi connectivity index (χ0n) is 35.8. The van der Waals surface area contributed by atoms with Crippen LogP contribution in [0, 0.1) is 35.5 Å². The lowest BCUT2D eigenvalue weighted by Gasteiger charge is -2.50. The summed E-state index contributed by atoms with van der Waals surface area (Å²) in [4.78, 5) is 51.1. The van der Waals surface area contributed by atoms with E-state index in [1.54, 1.807) is 32.9 Å². The van der Waals surface area contributed by atoms with Gasteiger partial charge in [-0.3, -0.25) is 9.59 Å². The number of aliphatic hydroxyl groups is 4. The largest absolute Gasteiger partial charge is 0.510 e. The summed E-state index contributed by atoms with van der Waals surface area (Å²) >= 11 is 0. The molecule has 14 nitrogen and oxygen atoms in total. The molecule has 1 fully saturated rings. The van der Waals surface area contributed by atoms with E-state index in [0.29, 0.717) is 12.0 Å². The predicted octanol–water partition coefficient (Wildman–Crippen LogP) is 5.05. The Hall–Kier alpha value is -4.08. The Labute approximate surface area is 342 Å². The number of aliphatic hydroxyl groups excluding tert-OH is 3. The second kappa shape index (κ2) is 21.3. The number of ketones is 1. The summed E-state index contributed by atoms with van der Waals surface area (Å²) in [5.41, 5.74) is 1.48. The monoisotopic (exact) mass is 815 g/mol. The van der Waals surface area contributed by atoms with E-state index in [-0.39, 0.29) is 54.2 Å². The van der Waals surface area contributed by atoms with Gasteiger partial charge in [-0.05, 0) is 38.2 Å². The average Bonchev–Trinajstić information content (AvgIpc) is 3.48. The summed E-state index contributed by atoms with van der Waals surface area (Å²) in [6, 6.07) is 0. The number of ether oxygens (including phenoxy) is 5. The number of hydrogen-bond donors (Lipinski definition) is 5. The molecule has 1 saturated heterocycles. The van der Waals surface area contributed by atoms with Crippen LogP contribution >= 0.6 is 0 Å². The minimum absolute atomic E-state index is 0.0594. The molecule has 0 aromatic carbocycles. The van der Waals surface area contributed by atoms with E-state index in [1.165, 1.54) is 20.3 Å². The Balaban J connectivity index is 1.92. The van der Waals surface area contributed by atoms with Crippen LogP contribution in [0.1, 0.15) is 88.0 Å². The fourth-order valence-electron chi connectivity index (χ4n) is 7.95. The Bertz CT molecular complexity index is 1670. The van der Waals surface area contributed by atoms with Crippen molar-refractivity contribution in [2.75, 3.05) is 14.2 Å². The molecule has 12 atom stereocenters. The van der Waals surface area contributed by atoms with Crippen LogP contribution < -0.4 is 5.32 Å². The van der Waals surface area contributed by atoms with Crippen LogP contribution in [0.2, 0.25) is 0 Å². The van der Waals surface area contributed by atoms with Crippen molar-refractivity contribution in [3.8, 4) is 0 Å². The molecule has 5 N–H and O–H groups in total. The molecule has 3 aliphatic rings. The number of hydrogen-bond acceptors (Lipinski definition) is 13. The highest BCUT2D eigenvalue weighted by Crippen LogP contribution is 2.42. The van der Waals surface area contributed by atoms with E-state index >= 15 is 0 Å². The van der Waals surface area contributed by atoms with Crippen LogP contribution in [-0.4, -0.2) is 101 Å². The summed E-state index contributed by atoms with van der Waals surface area (Å²) in [7, 11) is 2.79. The van der Waals surface area contributed by atoms with Gasteiger partial charge in [0.1, 0.15) is 29.8 Å². The second-order valence-electron chi connectivity index (χ2n) is 16.5. The molecule has 324 valence electrons. The molecule has 0 aromatic heterocycles. The number of cyclic esters (lactones) is 1. The molecule has 1 aliphatic carbocycles. The van der Waals surface area contributed by atoms with Crippen LogP contribution in [0.25, 0.3) is 0 Å². The molecule has 14 heteroatoms. The van der Waals surface area contributed by atoms with E-state index in [1.807, 2.05) is 53.7 Å². The van der Waals surface area contributed by atoms with Gasteiger partial charge >= 0.3 is 11.9 Å². The number of carbonyl (C=O) groups is 4. The van der Waals surface area contributed by atoms with E-state index in [0.717, 1.165) is 17.7 Å². The molecular weight excluding hydrogens is 750 g/mol. The molecule has 3 rings (SSSR count). The van der Waals surface area contributed by atoms with Crippen LogP contribution in [0.5, 0.6) is 0 Å². The van der Waals surface area contributed by atoms with E-state index in [9.17, 15) is 39.6 Å². The SMILES string of the molecule is COC1=CC(C)=C[C@@H](C)[C@@H](O)[C@@H](C)CC(C)=CC=C[C@H](OC)[C@@H]([C@@H](C)[C@@H](O)[C@H](C)[C@@]2(O)C[C@@H](OC(=O)/C=C/C(=O)NC3=C(O)CCC3=O)[C@H](C)[C@@H](C(C)C)O2)OC1=O. The van der Waals surface area contributed by atoms with E-state index in [2.05, 4.69) is 5.32 Å². The second-order valence-corrected chi connectivity index (χ2v) is 16.5. The maximum absolute atomic E-state index is 13.7. The maximum atomic E-state index is 13.7. The van der Waals surface area contributed by atoms with E-state index < -0.39 is 83.8 Å². The zero-order valence-corrected chi connectivity index (χ0v) is 35.8. The first kappa shape index (κ1) is 48.3. The van der Waals surface area contributed by atoms with Crippen LogP contribution in [0.3, 0.4) is 0 Å². The van der Waals surface area contributed by atoms with Crippen molar-refractivity contribution in [1.82, 2.24) is 5.32 Å². The molecule has 58 heavy (non-hydrogen) atoms. The highest BCUT2D eigenvalue weighted by atomic mass is 16.6. The highest BCUT2D eigenvalue weighted by molar-refractivity contribution is 6.04. The molecule has 0 spiro atoms. The molecule has 0 bridgehead atoms. The quantitative estimate of drug-likeness (QED) is 0.137. The van der Waals surface area contributed by atoms with Crippen molar-refractivity contribution in [2.24, 2.45) is 35.5 Å². The third-order valence-electron chi connectivity index (χ3n) is 11.5. The van der Waals surface area contributed by atoms with Crippen LogP contribution in [0.4, 0.5) is 0 Å². The molecule has 0 aromatic rings. The Kier molecular flexibility index (Phi) is 17.7. The maximum Gasteiger partial charge on any atom is 0.373 e. The van der Waals surface area contributed by atoms with Crippen molar-refractivity contribution in [3.05, 3.63) is 70.9 Å². The smallest absolute Gasteiger partial charge is 0.373 e. The molecule has 2 heterocycles. The molecule has 0 unspecified atom stereocenters. The van der Waals surface area contributed by atoms with Gasteiger partial charge < -0.3 is 49.4 Å². The van der Waals surface area contributed by atoms with Crippen molar-refractivity contribution in [1.29, 1.82) is 0 Å². The first-order valence-electron chi connectivity index (χ1n) is 20.1. The fraction of sp³-hybridized carbons (Fsp3) is 0.636. The number of methoxy groups -OCH3 is 2. The summed E-state index contributed by atoms with van der Waals surface area (Å²) in [6.45, 7) is 16.5. The standard InChI is InChI=1S/C44H65NO13/c1-23(2)41-28(7)35(56-37(49)18-17-36(48)45-38-31(46)15-16-32(38)47)22-44(53,58-41)30(9)40(51)29(8)42-33(54-10)14-12-13-24(3)19-26(5)39(50)27(6)20-25(4)21-34(55-11)43(52)57-42/h12-14,17-18,20-21,23,26-30,33,35,39-42,46,50-51,53H,15-16,19,22H2,1-11H3,(H,45,48)/b14-12?,18-17+,24-13?,25-20?,34-21?/t26-,27+,28-,29-,30-,33-,35+,39-,40+,41+,42+,44+/m0/s1. The first-order valence-corrected chi connectivity index (χ1v) is 20.1. The van der Waals surface area contributed by atoms with Gasteiger partial charge in [0.25, 0.3) is 0 Å². The number of esters is 2. The van der Waals surface area contributed by atoms with E-state index in [4.69, 9.17) is 23.7 Å². The van der Waals surface area contributed by atoms with Gasteiger partial charge in [0.2, 0.25) is 11.7 Å². The summed E-state index contributed by atoms with van der Waals surface area (Å²) in [6.07, 6.45) is 5.61. The summed E-state index contributed by atoms with van der Waals surface area (Å²) in [5.74, 6) is -8.07. The Morgan fingerprint density at radius 1 is 1.03 bits per heavy atom. The summed E-state index contributed by atoms with van der Waals surface area (Å²) < 4.78 is 29.5. The van der Waals surface area contributed by atoms with Crippen molar-refractivity contribution in [2.45, 2.75) is 130 Å². The molecular formula is C44H65NO13. The first-order chi connectivity index (χ1) is 27.1. The topological polar surface area (TPSA) is 207 Å². The molecule has 0 radical (unpaired) electrons. The predicted molar refractivity (Wildman–Crippen MR) is 215 cm³/mol. The number of amides is 1. The Morgan fingerprint density at radius 2 is 1.71 bits per heavy atom. The lowest BCUT2D eigenvalue weighted by Crippen LogP contribution is -2.59. The normalized spacial score (nSPS) is 32.2. The van der Waals surface area contributed by atoms with Gasteiger partial charge in [-0.15, -0.1) is 0 Å². The van der Waals surface area contributed by atoms with Crippen LogP contribution in [0.15, 0.2) is 70.9 Å².